The Morgan fingerprint density at radius 2 is 2.25 bits per heavy atom. The van der Waals surface area contributed by atoms with E-state index in [1.807, 2.05) is 0 Å². The number of carbonyl (C=O) groups excluding carboxylic acids is 1. The molecule has 2 rings (SSSR count). The van der Waals surface area contributed by atoms with E-state index < -0.39 is 0 Å². The van der Waals surface area contributed by atoms with Crippen LogP contribution in [0.2, 0.25) is 5.02 Å². The molecule has 0 fully saturated rings. The van der Waals surface area contributed by atoms with E-state index in [4.69, 9.17) is 16.7 Å². The molecule has 1 aromatic carbocycles. The summed E-state index contributed by atoms with van der Waals surface area (Å²) in [6.45, 7) is -0.251. The molecule has 0 radical (unpaired) electrons. The summed E-state index contributed by atoms with van der Waals surface area (Å²) in [5, 5.41) is 12.0. The fourth-order valence-corrected chi connectivity index (χ4v) is 1.73. The van der Waals surface area contributed by atoms with Gasteiger partial charge in [-0.2, -0.15) is 0 Å². The lowest BCUT2D eigenvalue weighted by molar-refractivity contribution is 0.102. The monoisotopic (exact) mass is 286 g/mol. The minimum Gasteiger partial charge on any atom is -0.384 e. The predicted molar refractivity (Wildman–Crippen MR) is 77.6 cm³/mol. The summed E-state index contributed by atoms with van der Waals surface area (Å²) in [5.41, 5.74) is 1.52. The third-order valence-electron chi connectivity index (χ3n) is 2.46. The number of aliphatic hydroxyl groups is 1. The Morgan fingerprint density at radius 3 is 2.95 bits per heavy atom. The molecule has 20 heavy (non-hydrogen) atoms. The molecule has 0 bridgehead atoms. The van der Waals surface area contributed by atoms with Crippen molar-refractivity contribution < 1.29 is 9.90 Å². The van der Waals surface area contributed by atoms with E-state index in [9.17, 15) is 4.79 Å². The number of rotatable bonds is 2. The molecule has 0 aliphatic heterocycles. The molecule has 2 N–H and O–H groups in total. The zero-order valence-corrected chi connectivity index (χ0v) is 11.2. The Bertz CT molecular complexity index is 675. The van der Waals surface area contributed by atoms with Gasteiger partial charge in [0, 0.05) is 23.0 Å². The van der Waals surface area contributed by atoms with Crippen LogP contribution in [0.5, 0.6) is 0 Å². The number of halogens is 1. The van der Waals surface area contributed by atoms with Crippen LogP contribution in [-0.4, -0.2) is 22.6 Å². The quantitative estimate of drug-likeness (QED) is 0.833. The summed E-state index contributed by atoms with van der Waals surface area (Å²) in [4.78, 5) is 15.9. The SMILES string of the molecule is O=C(Nc1cc(Cl)ccc1C#CCO)c1cccnc1. The predicted octanol–water partition coefficient (Wildman–Crippen LogP) is 2.33. The van der Waals surface area contributed by atoms with Crippen LogP contribution < -0.4 is 5.32 Å². The lowest BCUT2D eigenvalue weighted by Gasteiger charge is -2.08. The summed E-state index contributed by atoms with van der Waals surface area (Å²) in [6, 6.07) is 8.30. The standard InChI is InChI=1S/C15H11ClN2O2/c16-13-6-5-11(4-2-8-19)14(9-13)18-15(20)12-3-1-7-17-10-12/h1,3,5-7,9-10,19H,8H2,(H,18,20). The number of nitrogens with one attached hydrogen (secondary N) is 1. The second kappa shape index (κ2) is 6.71. The van der Waals surface area contributed by atoms with Gasteiger partial charge in [-0.15, -0.1) is 0 Å². The van der Waals surface area contributed by atoms with Gasteiger partial charge in [0.2, 0.25) is 0 Å². The molecule has 0 spiro atoms. The lowest BCUT2D eigenvalue weighted by atomic mass is 10.1. The van der Waals surface area contributed by atoms with E-state index >= 15 is 0 Å². The average Bonchev–Trinajstić information content (AvgIpc) is 2.47. The molecule has 1 heterocycles. The van der Waals surface area contributed by atoms with Gasteiger partial charge in [0.15, 0.2) is 0 Å². The Balaban J connectivity index is 2.28. The molecule has 5 heteroatoms. The summed E-state index contributed by atoms with van der Waals surface area (Å²) in [6.07, 6.45) is 3.06. The number of aromatic nitrogens is 1. The van der Waals surface area contributed by atoms with Crippen LogP contribution in [0.15, 0.2) is 42.7 Å². The van der Waals surface area contributed by atoms with E-state index in [1.165, 1.54) is 6.20 Å². The van der Waals surface area contributed by atoms with Crippen LogP contribution in [-0.2, 0) is 0 Å². The maximum atomic E-state index is 12.1. The number of benzene rings is 1. The number of hydrogen-bond acceptors (Lipinski definition) is 3. The van der Waals surface area contributed by atoms with Crippen LogP contribution in [0.3, 0.4) is 0 Å². The Hall–Kier alpha value is -2.35. The zero-order valence-electron chi connectivity index (χ0n) is 10.4. The number of amides is 1. The number of hydrogen-bond donors (Lipinski definition) is 2. The van der Waals surface area contributed by atoms with Gasteiger partial charge >= 0.3 is 0 Å². The topological polar surface area (TPSA) is 62.2 Å². The van der Waals surface area contributed by atoms with Gasteiger partial charge in [0.25, 0.3) is 5.91 Å². The molecule has 0 saturated heterocycles. The molecule has 0 aliphatic carbocycles. The van der Waals surface area contributed by atoms with Crippen molar-refractivity contribution in [3.8, 4) is 11.8 Å². The van der Waals surface area contributed by atoms with Gasteiger partial charge in [-0.1, -0.05) is 23.4 Å². The average molecular weight is 287 g/mol. The van der Waals surface area contributed by atoms with Gasteiger partial charge < -0.3 is 10.4 Å². The van der Waals surface area contributed by atoms with E-state index in [0.717, 1.165) is 0 Å². The molecule has 1 aromatic heterocycles. The van der Waals surface area contributed by atoms with Gasteiger partial charge in [-0.05, 0) is 30.3 Å². The lowest BCUT2D eigenvalue weighted by Crippen LogP contribution is -2.13. The molecular weight excluding hydrogens is 276 g/mol. The van der Waals surface area contributed by atoms with E-state index in [-0.39, 0.29) is 12.5 Å². The minimum absolute atomic E-state index is 0.251. The van der Waals surface area contributed by atoms with Crippen molar-refractivity contribution in [2.45, 2.75) is 0 Å². The van der Waals surface area contributed by atoms with Gasteiger partial charge in [-0.3, -0.25) is 9.78 Å². The molecule has 100 valence electrons. The number of pyridine rings is 1. The van der Waals surface area contributed by atoms with E-state index in [0.29, 0.717) is 21.8 Å². The molecule has 0 saturated carbocycles. The van der Waals surface area contributed by atoms with Crippen molar-refractivity contribution in [2.24, 2.45) is 0 Å². The highest BCUT2D eigenvalue weighted by molar-refractivity contribution is 6.31. The summed E-state index contributed by atoms with van der Waals surface area (Å²) in [5.74, 6) is 5.00. The molecule has 0 unspecified atom stereocenters. The molecular formula is C15H11ClN2O2. The maximum absolute atomic E-state index is 12.1. The maximum Gasteiger partial charge on any atom is 0.257 e. The van der Waals surface area contributed by atoms with Crippen LogP contribution in [0.25, 0.3) is 0 Å². The van der Waals surface area contributed by atoms with Crippen molar-refractivity contribution in [2.75, 3.05) is 11.9 Å². The number of nitrogens with zero attached hydrogens (tertiary/aromatic N) is 1. The highest BCUT2D eigenvalue weighted by Crippen LogP contribution is 2.21. The first kappa shape index (κ1) is 14.1. The zero-order chi connectivity index (χ0) is 14.4. The highest BCUT2D eigenvalue weighted by atomic mass is 35.5. The van der Waals surface area contributed by atoms with Crippen molar-refractivity contribution in [1.29, 1.82) is 0 Å². The Morgan fingerprint density at radius 1 is 1.40 bits per heavy atom. The molecule has 2 aromatic rings. The first-order valence-corrected chi connectivity index (χ1v) is 6.19. The highest BCUT2D eigenvalue weighted by Gasteiger charge is 2.08. The fraction of sp³-hybridized carbons (Fsp3) is 0.0667. The van der Waals surface area contributed by atoms with Gasteiger partial charge in [0.05, 0.1) is 11.3 Å². The van der Waals surface area contributed by atoms with Crippen LogP contribution in [0, 0.1) is 11.8 Å². The Labute approximate surface area is 121 Å². The summed E-state index contributed by atoms with van der Waals surface area (Å²) >= 11 is 5.92. The third-order valence-corrected chi connectivity index (χ3v) is 2.69. The Kier molecular flexibility index (Phi) is 4.72. The summed E-state index contributed by atoms with van der Waals surface area (Å²) in [7, 11) is 0. The minimum atomic E-state index is -0.299. The van der Waals surface area contributed by atoms with Crippen LogP contribution >= 0.6 is 11.6 Å². The number of aliphatic hydroxyl groups excluding tert-OH is 1. The van der Waals surface area contributed by atoms with E-state index in [2.05, 4.69) is 22.1 Å². The molecule has 1 amide bonds. The van der Waals surface area contributed by atoms with Crippen molar-refractivity contribution >= 4 is 23.2 Å². The smallest absolute Gasteiger partial charge is 0.257 e. The normalized spacial score (nSPS) is 9.50. The number of anilines is 1. The first-order chi connectivity index (χ1) is 9.70. The second-order valence-electron chi connectivity index (χ2n) is 3.85. The first-order valence-electron chi connectivity index (χ1n) is 5.81. The molecule has 0 aliphatic rings. The molecule has 0 atom stereocenters. The summed E-state index contributed by atoms with van der Waals surface area (Å²) < 4.78 is 0. The third kappa shape index (κ3) is 3.58. The number of carbonyl (C=O) groups is 1. The van der Waals surface area contributed by atoms with E-state index in [1.54, 1.807) is 36.5 Å². The van der Waals surface area contributed by atoms with Crippen LogP contribution in [0.1, 0.15) is 15.9 Å². The largest absolute Gasteiger partial charge is 0.384 e. The van der Waals surface area contributed by atoms with Gasteiger partial charge in [-0.25, -0.2) is 0 Å². The van der Waals surface area contributed by atoms with Crippen LogP contribution in [0.4, 0.5) is 5.69 Å². The van der Waals surface area contributed by atoms with Crippen molar-refractivity contribution in [1.82, 2.24) is 4.98 Å². The van der Waals surface area contributed by atoms with Crippen molar-refractivity contribution in [3.63, 3.8) is 0 Å². The van der Waals surface area contributed by atoms with Gasteiger partial charge in [0.1, 0.15) is 6.61 Å². The fourth-order valence-electron chi connectivity index (χ4n) is 1.56. The second-order valence-corrected chi connectivity index (χ2v) is 4.28. The van der Waals surface area contributed by atoms with Crippen molar-refractivity contribution in [3.05, 3.63) is 58.9 Å². The molecule has 4 nitrogen and oxygen atoms in total.